The van der Waals surface area contributed by atoms with Crippen LogP contribution in [0.4, 0.5) is 0 Å². The molecule has 2 rings (SSSR count). The lowest BCUT2D eigenvalue weighted by atomic mass is 10.2. The first-order chi connectivity index (χ1) is 6.37. The molecule has 0 radical (unpaired) electrons. The maximum Gasteiger partial charge on any atom is 0.110 e. The van der Waals surface area contributed by atoms with Crippen molar-refractivity contribution in [2.45, 2.75) is 10.5 Å². The van der Waals surface area contributed by atoms with Crippen LogP contribution in [0.2, 0.25) is 0 Å². The average molecular weight is 232 g/mol. The van der Waals surface area contributed by atoms with Crippen LogP contribution in [0.1, 0.15) is 12.0 Å². The van der Waals surface area contributed by atoms with Gasteiger partial charge in [-0.1, -0.05) is 0 Å². The van der Waals surface area contributed by atoms with Crippen LogP contribution in [0.5, 0.6) is 0 Å². The van der Waals surface area contributed by atoms with Gasteiger partial charge in [0.05, 0.1) is 6.61 Å². The van der Waals surface area contributed by atoms with Gasteiger partial charge in [0.2, 0.25) is 0 Å². The Kier molecular flexibility index (Phi) is 3.24. The van der Waals surface area contributed by atoms with Crippen molar-refractivity contribution < 1.29 is 5.11 Å². The summed E-state index contributed by atoms with van der Waals surface area (Å²) in [5, 5.41) is 13.7. The van der Waals surface area contributed by atoms with Crippen LogP contribution < -0.4 is 0 Å². The van der Waals surface area contributed by atoms with Crippen LogP contribution in [-0.2, 0) is 4.08 Å². The lowest BCUT2D eigenvalue weighted by Crippen LogP contribution is -2.26. The third kappa shape index (κ3) is 1.91. The molecule has 0 unspecified atom stereocenters. The van der Waals surface area contributed by atoms with Gasteiger partial charge < -0.3 is 5.11 Å². The van der Waals surface area contributed by atoms with E-state index in [1.165, 1.54) is 23.5 Å². The number of thioether (sulfide) groups is 2. The molecule has 1 nitrogen and oxygen atoms in total. The molecule has 2 heterocycles. The molecule has 1 fully saturated rings. The highest BCUT2D eigenvalue weighted by Gasteiger charge is 2.35. The van der Waals surface area contributed by atoms with Gasteiger partial charge in [0.25, 0.3) is 0 Å². The molecule has 1 aromatic rings. The molecular weight excluding hydrogens is 220 g/mol. The van der Waals surface area contributed by atoms with Gasteiger partial charge in [-0.2, -0.15) is 11.3 Å². The largest absolute Gasteiger partial charge is 0.394 e. The van der Waals surface area contributed by atoms with E-state index in [2.05, 4.69) is 16.8 Å². The third-order valence-electron chi connectivity index (χ3n) is 2.13. The second kappa shape index (κ2) is 4.26. The second-order valence-corrected chi connectivity index (χ2v) is 6.80. The summed E-state index contributed by atoms with van der Waals surface area (Å²) < 4.78 is -0.0573. The molecule has 0 atom stereocenters. The molecule has 0 bridgehead atoms. The minimum absolute atomic E-state index is 0.0573. The Morgan fingerprint density at radius 2 is 2.15 bits per heavy atom. The van der Waals surface area contributed by atoms with E-state index in [-0.39, 0.29) is 10.7 Å². The predicted molar refractivity (Wildman–Crippen MR) is 62.6 cm³/mol. The smallest absolute Gasteiger partial charge is 0.110 e. The highest BCUT2D eigenvalue weighted by molar-refractivity contribution is 8.18. The Hall–Kier alpha value is 0.360. The van der Waals surface area contributed by atoms with Crippen molar-refractivity contribution in [3.63, 3.8) is 0 Å². The molecule has 0 amide bonds. The van der Waals surface area contributed by atoms with Crippen LogP contribution in [0.25, 0.3) is 0 Å². The molecule has 13 heavy (non-hydrogen) atoms. The van der Waals surface area contributed by atoms with Gasteiger partial charge in [-0.3, -0.25) is 0 Å². The Morgan fingerprint density at radius 1 is 1.38 bits per heavy atom. The number of aliphatic hydroxyl groups is 1. The van der Waals surface area contributed by atoms with Crippen molar-refractivity contribution in [1.82, 2.24) is 0 Å². The number of rotatable bonds is 2. The number of hydrogen-bond donors (Lipinski definition) is 1. The van der Waals surface area contributed by atoms with E-state index in [0.717, 1.165) is 0 Å². The summed E-state index contributed by atoms with van der Waals surface area (Å²) in [6.07, 6.45) is 1.27. The number of aliphatic hydroxyl groups excluding tert-OH is 1. The zero-order valence-corrected chi connectivity index (χ0v) is 9.68. The lowest BCUT2D eigenvalue weighted by molar-refractivity contribution is 0.285. The van der Waals surface area contributed by atoms with E-state index in [4.69, 9.17) is 0 Å². The van der Waals surface area contributed by atoms with Crippen molar-refractivity contribution in [2.75, 3.05) is 18.1 Å². The van der Waals surface area contributed by atoms with Gasteiger partial charge in [-0.25, -0.2) is 0 Å². The van der Waals surface area contributed by atoms with Crippen molar-refractivity contribution in [2.24, 2.45) is 0 Å². The minimum atomic E-state index is -0.0573. The van der Waals surface area contributed by atoms with E-state index < -0.39 is 0 Å². The second-order valence-electron chi connectivity index (χ2n) is 2.97. The van der Waals surface area contributed by atoms with E-state index in [9.17, 15) is 5.11 Å². The van der Waals surface area contributed by atoms with Crippen molar-refractivity contribution in [3.8, 4) is 0 Å². The first kappa shape index (κ1) is 9.90. The first-order valence-electron chi connectivity index (χ1n) is 4.29. The molecule has 1 aliphatic heterocycles. The quantitative estimate of drug-likeness (QED) is 0.847. The number of hydrogen-bond acceptors (Lipinski definition) is 4. The third-order valence-corrected chi connectivity index (χ3v) is 6.17. The zero-order valence-electron chi connectivity index (χ0n) is 7.23. The van der Waals surface area contributed by atoms with Gasteiger partial charge in [-0.05, 0) is 40.3 Å². The summed E-state index contributed by atoms with van der Waals surface area (Å²) in [6, 6.07) is 2.13. The van der Waals surface area contributed by atoms with Crippen molar-refractivity contribution in [3.05, 3.63) is 22.4 Å². The van der Waals surface area contributed by atoms with Crippen LogP contribution >= 0.6 is 34.9 Å². The van der Waals surface area contributed by atoms with Crippen LogP contribution in [0, 0.1) is 0 Å². The topological polar surface area (TPSA) is 20.2 Å². The summed E-state index contributed by atoms with van der Waals surface area (Å²) in [5.74, 6) is 2.34. The molecule has 0 saturated carbocycles. The van der Waals surface area contributed by atoms with Crippen LogP contribution in [-0.4, -0.2) is 23.2 Å². The summed E-state index contributed by atoms with van der Waals surface area (Å²) >= 11 is 5.49. The molecule has 1 saturated heterocycles. The van der Waals surface area contributed by atoms with Gasteiger partial charge in [0.1, 0.15) is 4.08 Å². The fourth-order valence-corrected chi connectivity index (χ4v) is 5.31. The Labute approximate surface area is 90.9 Å². The fourth-order valence-electron chi connectivity index (χ4n) is 1.41. The standard InChI is InChI=1S/C9H12OS3/c10-7-9(8-2-5-11-6-8)12-3-1-4-13-9/h2,5-6,10H,1,3-4,7H2. The molecule has 0 aromatic carbocycles. The van der Waals surface area contributed by atoms with Crippen LogP contribution in [0.15, 0.2) is 16.8 Å². The average Bonchev–Trinajstić information content (AvgIpc) is 2.72. The monoisotopic (exact) mass is 232 g/mol. The first-order valence-corrected chi connectivity index (χ1v) is 7.20. The molecule has 1 N–H and O–H groups in total. The highest BCUT2D eigenvalue weighted by Crippen LogP contribution is 2.50. The normalized spacial score (nSPS) is 21.6. The molecule has 1 aromatic heterocycles. The molecule has 1 aliphatic rings. The summed E-state index contributed by atoms with van der Waals surface area (Å²) in [7, 11) is 0. The van der Waals surface area contributed by atoms with Gasteiger partial charge in [0, 0.05) is 0 Å². The maximum atomic E-state index is 9.48. The van der Waals surface area contributed by atoms with Gasteiger partial charge in [0.15, 0.2) is 0 Å². The van der Waals surface area contributed by atoms with E-state index in [1.807, 2.05) is 23.5 Å². The van der Waals surface area contributed by atoms with Crippen molar-refractivity contribution >= 4 is 34.9 Å². The molecule has 4 heteroatoms. The van der Waals surface area contributed by atoms with E-state index in [1.54, 1.807) is 11.3 Å². The summed E-state index contributed by atoms with van der Waals surface area (Å²) in [6.45, 7) is 0.249. The molecule has 0 spiro atoms. The zero-order chi connectivity index (χ0) is 9.15. The molecule has 0 aliphatic carbocycles. The van der Waals surface area contributed by atoms with Crippen LogP contribution in [0.3, 0.4) is 0 Å². The highest BCUT2D eigenvalue weighted by atomic mass is 32.2. The fraction of sp³-hybridized carbons (Fsp3) is 0.556. The van der Waals surface area contributed by atoms with Crippen molar-refractivity contribution in [1.29, 1.82) is 0 Å². The lowest BCUT2D eigenvalue weighted by Gasteiger charge is -2.33. The Morgan fingerprint density at radius 3 is 2.69 bits per heavy atom. The Bertz CT molecular complexity index is 252. The summed E-state index contributed by atoms with van der Waals surface area (Å²) in [5.41, 5.74) is 1.29. The molecule has 72 valence electrons. The molecular formula is C9H12OS3. The SMILES string of the molecule is OCC1(c2ccsc2)SCCCS1. The summed E-state index contributed by atoms with van der Waals surface area (Å²) in [4.78, 5) is 0. The maximum absolute atomic E-state index is 9.48. The predicted octanol–water partition coefficient (Wildman–Crippen LogP) is 2.76. The van der Waals surface area contributed by atoms with Gasteiger partial charge in [-0.15, -0.1) is 23.5 Å². The number of thiophene rings is 1. The van der Waals surface area contributed by atoms with E-state index in [0.29, 0.717) is 0 Å². The Balaban J connectivity index is 2.23. The van der Waals surface area contributed by atoms with Gasteiger partial charge >= 0.3 is 0 Å². The van der Waals surface area contributed by atoms with E-state index >= 15 is 0 Å². The minimum Gasteiger partial charge on any atom is -0.394 e.